The van der Waals surface area contributed by atoms with Crippen molar-refractivity contribution < 1.29 is 20.7 Å². The van der Waals surface area contributed by atoms with E-state index in [0.29, 0.717) is 0 Å². The summed E-state index contributed by atoms with van der Waals surface area (Å²) in [6.45, 7) is 0. The third-order valence-electron chi connectivity index (χ3n) is 0. The molecule has 0 radical (unpaired) electrons. The second kappa shape index (κ2) is 15.6. The van der Waals surface area contributed by atoms with Crippen molar-refractivity contribution in [3.05, 3.63) is 0 Å². The van der Waals surface area contributed by atoms with E-state index in [-0.39, 0.29) is 5.48 Å². The van der Waals surface area contributed by atoms with Gasteiger partial charge < -0.3 is 5.48 Å². The Morgan fingerprint density at radius 2 is 1.00 bits per heavy atom. The molecular formula is H6AuCl3N2O. The minimum atomic E-state index is -1.79. The molecule has 0 heterocycles. The van der Waals surface area contributed by atoms with E-state index < -0.39 is 15.2 Å². The van der Waals surface area contributed by atoms with E-state index in [0.717, 1.165) is 0 Å². The predicted octanol–water partition coefficient (Wildman–Crippen LogP) is 0.0601. The monoisotopic (exact) mass is 352 g/mol. The molecule has 0 fully saturated rings. The van der Waals surface area contributed by atoms with Crippen molar-refractivity contribution in [2.75, 3.05) is 0 Å². The van der Waals surface area contributed by atoms with E-state index in [1.54, 1.807) is 0 Å². The molecule has 0 atom stereocenters. The van der Waals surface area contributed by atoms with Crippen molar-refractivity contribution in [1.82, 2.24) is 0 Å². The Labute approximate surface area is 59.8 Å². The second-order valence-electron chi connectivity index (χ2n) is 0.129. The summed E-state index contributed by atoms with van der Waals surface area (Å²) < 4.78 is 0. The number of nitrogens with two attached hydrogens (primary N) is 2. The van der Waals surface area contributed by atoms with Crippen molar-refractivity contribution in [2.45, 2.75) is 0 Å². The van der Waals surface area contributed by atoms with Crippen molar-refractivity contribution >= 4 is 27.6 Å². The fourth-order valence-electron chi connectivity index (χ4n) is 0. The molecule has 0 aromatic heterocycles. The van der Waals surface area contributed by atoms with Gasteiger partial charge in [-0.15, -0.1) is 0 Å². The molecule has 0 saturated heterocycles. The summed E-state index contributed by atoms with van der Waals surface area (Å²) in [5, 5.41) is 0. The fraction of sp³-hybridized carbons (Fsp3) is 0. The van der Waals surface area contributed by atoms with Gasteiger partial charge in [-0.2, -0.15) is 0 Å². The Hall–Kier alpha value is 1.49. The van der Waals surface area contributed by atoms with Gasteiger partial charge in [-0.3, -0.25) is 11.7 Å². The van der Waals surface area contributed by atoms with Crippen molar-refractivity contribution in [1.29, 1.82) is 0 Å². The van der Waals surface area contributed by atoms with E-state index in [1.165, 1.54) is 0 Å². The van der Waals surface area contributed by atoms with E-state index in [4.69, 9.17) is 27.6 Å². The van der Waals surface area contributed by atoms with Gasteiger partial charge in [0.25, 0.3) is 0 Å². The molecule has 0 aliphatic heterocycles. The number of hydrogen-bond acceptors (Lipinski definition) is 2. The summed E-state index contributed by atoms with van der Waals surface area (Å²) in [4.78, 5) is 0. The van der Waals surface area contributed by atoms with Gasteiger partial charge in [-0.05, 0) is 0 Å². The Bertz CT molecular complexity index is 17.7. The number of rotatable bonds is 0. The van der Waals surface area contributed by atoms with Gasteiger partial charge in [0, 0.05) is 0 Å². The first kappa shape index (κ1) is 15.8. The zero-order valence-electron chi connectivity index (χ0n) is 3.09. The molecule has 0 amide bonds. The summed E-state index contributed by atoms with van der Waals surface area (Å²) >= 11 is -1.79. The van der Waals surface area contributed by atoms with Crippen LogP contribution in [0.2, 0.25) is 0 Å². The van der Waals surface area contributed by atoms with Crippen LogP contribution in [0.15, 0.2) is 0 Å². The van der Waals surface area contributed by atoms with Crippen molar-refractivity contribution in [3.63, 3.8) is 0 Å². The van der Waals surface area contributed by atoms with Crippen LogP contribution in [0.5, 0.6) is 0 Å². The van der Waals surface area contributed by atoms with E-state index in [2.05, 4.69) is 11.7 Å². The van der Waals surface area contributed by atoms with Gasteiger partial charge in [0.2, 0.25) is 0 Å². The van der Waals surface area contributed by atoms with Crippen LogP contribution in [-0.4, -0.2) is 5.48 Å². The summed E-state index contributed by atoms with van der Waals surface area (Å²) in [7, 11) is 14.9. The third kappa shape index (κ3) is 102. The first-order chi connectivity index (χ1) is 2.73. The number of hydrazine groups is 1. The van der Waals surface area contributed by atoms with Crippen LogP contribution in [0.25, 0.3) is 0 Å². The zero-order valence-corrected chi connectivity index (χ0v) is 7.52. The van der Waals surface area contributed by atoms with E-state index in [1.807, 2.05) is 0 Å². The van der Waals surface area contributed by atoms with Crippen LogP contribution in [-0.2, 0) is 15.2 Å². The summed E-state index contributed by atoms with van der Waals surface area (Å²) in [6, 6.07) is 0. The average Bonchev–Trinajstić information content (AvgIpc) is 1.41. The Morgan fingerprint density at radius 1 is 1.00 bits per heavy atom. The van der Waals surface area contributed by atoms with Gasteiger partial charge in [0.1, 0.15) is 0 Å². The predicted molar refractivity (Wildman–Crippen MR) is 29.5 cm³/mol. The first-order valence-corrected chi connectivity index (χ1v) is 8.73. The first-order valence-electron chi connectivity index (χ1n) is 0.675. The Morgan fingerprint density at radius 3 is 1.00 bits per heavy atom. The van der Waals surface area contributed by atoms with Crippen LogP contribution >= 0.6 is 27.6 Å². The van der Waals surface area contributed by atoms with Gasteiger partial charge in [-0.25, -0.2) is 0 Å². The molecule has 54 valence electrons. The standard InChI is InChI=1S/Au.3ClH.H4N2.H2O/c;;;;1-2;/h;3*1H;1-2H2;1H2/q+3;;;;;/p-3. The van der Waals surface area contributed by atoms with Crippen molar-refractivity contribution in [3.8, 4) is 0 Å². The molecule has 7 heavy (non-hydrogen) atoms. The SMILES string of the molecule is NN.O.[Cl][Au]([Cl])[Cl]. The molecule has 7 heteroatoms. The third-order valence-corrected chi connectivity index (χ3v) is 0. The van der Waals surface area contributed by atoms with Crippen LogP contribution in [0.1, 0.15) is 0 Å². The van der Waals surface area contributed by atoms with E-state index >= 15 is 0 Å². The van der Waals surface area contributed by atoms with Gasteiger partial charge >= 0.3 is 42.8 Å². The van der Waals surface area contributed by atoms with Crippen LogP contribution in [0.3, 0.4) is 0 Å². The average molecular weight is 353 g/mol. The normalized spacial score (nSPS) is 7.29. The number of hydrogen-bond donors (Lipinski definition) is 2. The Balaban J connectivity index is -0.0000000480. The molecule has 0 aromatic carbocycles. The molecule has 0 rings (SSSR count). The second-order valence-corrected chi connectivity index (χ2v) is 9.52. The maximum absolute atomic E-state index is 4.95. The van der Waals surface area contributed by atoms with Crippen molar-refractivity contribution in [2.24, 2.45) is 11.7 Å². The molecule has 0 spiro atoms. The molecular weight excluding hydrogens is 347 g/mol. The number of halogens is 3. The minimum absolute atomic E-state index is 0. The molecule has 0 saturated carbocycles. The molecule has 6 N–H and O–H groups in total. The zero-order chi connectivity index (χ0) is 5.58. The van der Waals surface area contributed by atoms with Crippen LogP contribution in [0.4, 0.5) is 0 Å². The molecule has 0 aliphatic rings. The van der Waals surface area contributed by atoms with Gasteiger partial charge in [-0.1, -0.05) is 0 Å². The molecule has 0 unspecified atom stereocenters. The topological polar surface area (TPSA) is 83.5 Å². The quantitative estimate of drug-likeness (QED) is 0.367. The summed E-state index contributed by atoms with van der Waals surface area (Å²) in [6.07, 6.45) is 0. The van der Waals surface area contributed by atoms with Gasteiger partial charge in [0.15, 0.2) is 0 Å². The fourth-order valence-corrected chi connectivity index (χ4v) is 0. The van der Waals surface area contributed by atoms with Crippen LogP contribution < -0.4 is 11.7 Å². The van der Waals surface area contributed by atoms with Crippen LogP contribution in [0, 0.1) is 0 Å². The summed E-state index contributed by atoms with van der Waals surface area (Å²) in [5.41, 5.74) is 0. The van der Waals surface area contributed by atoms with Gasteiger partial charge in [0.05, 0.1) is 0 Å². The summed E-state index contributed by atoms with van der Waals surface area (Å²) in [5.74, 6) is 8.00. The Kier molecular flexibility index (Phi) is 35.3. The maximum atomic E-state index is 4.95. The molecule has 0 bridgehead atoms. The van der Waals surface area contributed by atoms with E-state index in [9.17, 15) is 0 Å². The molecule has 3 nitrogen and oxygen atoms in total. The molecule has 0 aliphatic carbocycles. The molecule has 0 aromatic rings.